The second-order valence-electron chi connectivity index (χ2n) is 9.41. The number of ether oxygens (including phenoxy) is 3. The zero-order valence-corrected chi connectivity index (χ0v) is 25.1. The Kier molecular flexibility index (Phi) is 8.67. The van der Waals surface area contributed by atoms with Gasteiger partial charge in [-0.25, -0.2) is 13.4 Å². The molecule has 1 atom stereocenters. The fourth-order valence-electron chi connectivity index (χ4n) is 4.28. The van der Waals surface area contributed by atoms with Crippen molar-refractivity contribution in [1.82, 2.24) is 4.98 Å². The first-order valence-electron chi connectivity index (χ1n) is 13.0. The molecule has 230 valence electrons. The average Bonchev–Trinajstić information content (AvgIpc) is 3.43. The maximum absolute atomic E-state index is 13.6. The molecule has 0 fully saturated rings. The van der Waals surface area contributed by atoms with Crippen molar-refractivity contribution < 1.29 is 40.6 Å². The van der Waals surface area contributed by atoms with Crippen LogP contribution in [0.3, 0.4) is 0 Å². The highest BCUT2D eigenvalue weighted by molar-refractivity contribution is 7.91. The lowest BCUT2D eigenvalue weighted by Gasteiger charge is -2.19. The quantitative estimate of drug-likeness (QED) is 0.184. The third-order valence-electron chi connectivity index (χ3n) is 6.58. The van der Waals surface area contributed by atoms with Gasteiger partial charge in [-0.1, -0.05) is 23.5 Å². The molecular weight excluding hydrogens is 631 g/mol. The number of carbonyl (C=O) groups is 1. The van der Waals surface area contributed by atoms with E-state index in [2.05, 4.69) is 10.3 Å². The van der Waals surface area contributed by atoms with E-state index in [1.807, 2.05) is 6.07 Å². The van der Waals surface area contributed by atoms with Gasteiger partial charge in [-0.15, -0.1) is 0 Å². The van der Waals surface area contributed by atoms with Crippen molar-refractivity contribution in [2.45, 2.75) is 22.1 Å². The van der Waals surface area contributed by atoms with E-state index in [-0.39, 0.29) is 26.2 Å². The van der Waals surface area contributed by atoms with Gasteiger partial charge in [0.2, 0.25) is 15.9 Å². The van der Waals surface area contributed by atoms with Gasteiger partial charge in [-0.05, 0) is 60.7 Å². The molecule has 0 spiro atoms. The van der Waals surface area contributed by atoms with E-state index < -0.39 is 33.6 Å². The van der Waals surface area contributed by atoms with E-state index in [0.717, 1.165) is 12.1 Å². The minimum absolute atomic E-state index is 0.197. The van der Waals surface area contributed by atoms with Crippen LogP contribution in [0.4, 0.5) is 18.3 Å². The summed E-state index contributed by atoms with van der Waals surface area (Å²) >= 11 is 1.18. The van der Waals surface area contributed by atoms with Crippen molar-refractivity contribution >= 4 is 42.4 Å². The molecule has 0 aliphatic rings. The summed E-state index contributed by atoms with van der Waals surface area (Å²) in [4.78, 5) is 17.5. The van der Waals surface area contributed by atoms with E-state index in [9.17, 15) is 26.4 Å². The zero-order chi connectivity index (χ0) is 32.4. The van der Waals surface area contributed by atoms with Crippen LogP contribution in [-0.4, -0.2) is 33.5 Å². The lowest BCUT2D eigenvalue weighted by molar-refractivity contribution is -0.137. The number of benzene rings is 4. The van der Waals surface area contributed by atoms with Gasteiger partial charge in [0.15, 0.2) is 16.6 Å². The van der Waals surface area contributed by atoms with E-state index in [1.165, 1.54) is 74.1 Å². The molecule has 4 aromatic carbocycles. The molecule has 0 saturated heterocycles. The first kappa shape index (κ1) is 31.3. The highest BCUT2D eigenvalue weighted by Crippen LogP contribution is 2.37. The number of nitriles is 1. The zero-order valence-electron chi connectivity index (χ0n) is 23.5. The minimum Gasteiger partial charge on any atom is -0.493 e. The van der Waals surface area contributed by atoms with Gasteiger partial charge in [0, 0.05) is 17.7 Å². The topological polar surface area (TPSA) is 128 Å². The van der Waals surface area contributed by atoms with Crippen molar-refractivity contribution in [2.24, 2.45) is 0 Å². The minimum atomic E-state index is -4.61. The summed E-state index contributed by atoms with van der Waals surface area (Å²) in [6.07, 6.45) is -5.91. The SMILES string of the molecule is COc1cc2nc(NC(=O)C(Oc3ccc(C#N)cc3)c3ccc(S(=O)(=O)c4ccc(C(F)(F)F)cc4)cc3)sc2cc1OC. The van der Waals surface area contributed by atoms with Crippen molar-refractivity contribution in [3.8, 4) is 23.3 Å². The van der Waals surface area contributed by atoms with Crippen molar-refractivity contribution in [2.75, 3.05) is 19.5 Å². The Morgan fingerprint density at radius 3 is 2.04 bits per heavy atom. The Morgan fingerprint density at radius 2 is 1.49 bits per heavy atom. The smallest absolute Gasteiger partial charge is 0.416 e. The van der Waals surface area contributed by atoms with Crippen LogP contribution >= 0.6 is 11.3 Å². The Morgan fingerprint density at radius 1 is 0.911 bits per heavy atom. The standard InChI is InChI=1S/C31H22F3N3O6S2/c1-41-25-15-24-27(16-26(25)42-2)44-30(36-24)37-29(38)28(43-21-9-3-18(17-35)4-10-21)19-5-11-22(12-6-19)45(39,40)23-13-7-20(8-14-23)31(32,33)34/h3-16,28H,1-2H3,(H,36,37,38). The average molecular weight is 654 g/mol. The van der Waals surface area contributed by atoms with Crippen LogP contribution in [0.1, 0.15) is 22.8 Å². The number of anilines is 1. The van der Waals surface area contributed by atoms with Gasteiger partial charge < -0.3 is 14.2 Å². The number of amides is 1. The van der Waals surface area contributed by atoms with Crippen LogP contribution in [0.2, 0.25) is 0 Å². The van der Waals surface area contributed by atoms with Gasteiger partial charge in [0.25, 0.3) is 5.91 Å². The predicted molar refractivity (Wildman–Crippen MR) is 159 cm³/mol. The van der Waals surface area contributed by atoms with Gasteiger partial charge in [0.05, 0.1) is 51.4 Å². The summed E-state index contributed by atoms with van der Waals surface area (Å²) in [6.45, 7) is 0. The van der Waals surface area contributed by atoms with E-state index in [0.29, 0.717) is 39.4 Å². The number of sulfone groups is 1. The molecule has 0 radical (unpaired) electrons. The van der Waals surface area contributed by atoms with Crippen LogP contribution in [0.25, 0.3) is 10.2 Å². The molecule has 1 heterocycles. The number of fused-ring (bicyclic) bond motifs is 1. The molecule has 1 N–H and O–H groups in total. The number of methoxy groups -OCH3 is 2. The molecule has 45 heavy (non-hydrogen) atoms. The number of thiazole rings is 1. The van der Waals surface area contributed by atoms with Gasteiger partial charge >= 0.3 is 6.18 Å². The summed E-state index contributed by atoms with van der Waals surface area (Å²) in [5.74, 6) is 0.575. The van der Waals surface area contributed by atoms with Crippen molar-refractivity contribution in [1.29, 1.82) is 5.26 Å². The summed E-state index contributed by atoms with van der Waals surface area (Å²) < 4.78 is 82.5. The Balaban J connectivity index is 1.45. The molecule has 5 rings (SSSR count). The van der Waals surface area contributed by atoms with E-state index in [4.69, 9.17) is 19.5 Å². The fourth-order valence-corrected chi connectivity index (χ4v) is 6.42. The van der Waals surface area contributed by atoms with Crippen molar-refractivity contribution in [3.05, 3.63) is 102 Å². The van der Waals surface area contributed by atoms with Crippen LogP contribution in [0.5, 0.6) is 17.2 Å². The second-order valence-corrected chi connectivity index (χ2v) is 12.4. The lowest BCUT2D eigenvalue weighted by atomic mass is 10.1. The predicted octanol–water partition coefficient (Wildman–Crippen LogP) is 6.80. The normalized spacial score (nSPS) is 12.3. The third kappa shape index (κ3) is 6.69. The first-order chi connectivity index (χ1) is 21.4. The van der Waals surface area contributed by atoms with Gasteiger partial charge in [-0.2, -0.15) is 18.4 Å². The number of hydrogen-bond acceptors (Lipinski definition) is 9. The molecule has 1 unspecified atom stereocenters. The maximum atomic E-state index is 13.6. The lowest BCUT2D eigenvalue weighted by Crippen LogP contribution is -2.25. The molecule has 5 aromatic rings. The van der Waals surface area contributed by atoms with Gasteiger partial charge in [-0.3, -0.25) is 10.1 Å². The van der Waals surface area contributed by atoms with Crippen LogP contribution in [-0.2, 0) is 20.8 Å². The maximum Gasteiger partial charge on any atom is 0.416 e. The Bertz CT molecular complexity index is 1960. The molecule has 1 amide bonds. The van der Waals surface area contributed by atoms with Crippen LogP contribution < -0.4 is 19.5 Å². The number of hydrogen-bond donors (Lipinski definition) is 1. The number of halogens is 3. The number of aromatic nitrogens is 1. The molecule has 0 aliphatic heterocycles. The highest BCUT2D eigenvalue weighted by Gasteiger charge is 2.31. The largest absolute Gasteiger partial charge is 0.493 e. The molecule has 1 aromatic heterocycles. The first-order valence-corrected chi connectivity index (χ1v) is 15.3. The van der Waals surface area contributed by atoms with E-state index in [1.54, 1.807) is 12.1 Å². The molecule has 9 nitrogen and oxygen atoms in total. The summed E-state index contributed by atoms with van der Waals surface area (Å²) in [5.41, 5.74) is 0.224. The van der Waals surface area contributed by atoms with Crippen LogP contribution in [0, 0.1) is 11.3 Å². The van der Waals surface area contributed by atoms with Crippen LogP contribution in [0.15, 0.2) is 94.7 Å². The molecule has 0 aliphatic carbocycles. The molecule has 14 heteroatoms. The highest BCUT2D eigenvalue weighted by atomic mass is 32.2. The number of nitrogens with one attached hydrogen (secondary N) is 1. The Hall–Kier alpha value is -5.13. The summed E-state index contributed by atoms with van der Waals surface area (Å²) in [5, 5.41) is 12.1. The third-order valence-corrected chi connectivity index (χ3v) is 9.30. The summed E-state index contributed by atoms with van der Waals surface area (Å²) in [7, 11) is -1.19. The molecule has 0 saturated carbocycles. The van der Waals surface area contributed by atoms with E-state index >= 15 is 0 Å². The number of rotatable bonds is 9. The van der Waals surface area contributed by atoms with Crippen molar-refractivity contribution in [3.63, 3.8) is 0 Å². The number of nitrogens with zero attached hydrogens (tertiary/aromatic N) is 2. The number of alkyl halides is 3. The molecular formula is C31H22F3N3O6S2. The number of carbonyl (C=O) groups excluding carboxylic acids is 1. The summed E-state index contributed by atoms with van der Waals surface area (Å²) in [6, 6.07) is 19.8. The monoisotopic (exact) mass is 653 g/mol. The Labute approximate surface area is 259 Å². The molecule has 0 bridgehead atoms. The second kappa shape index (κ2) is 12.5. The van der Waals surface area contributed by atoms with Gasteiger partial charge in [0.1, 0.15) is 5.75 Å². The fraction of sp³-hybridized carbons (Fsp3) is 0.129.